The van der Waals surface area contributed by atoms with Crippen molar-refractivity contribution in [3.63, 3.8) is 0 Å². The molecule has 0 bridgehead atoms. The van der Waals surface area contributed by atoms with E-state index in [-0.39, 0.29) is 0 Å². The largest absolute Gasteiger partial charge is 0.399 e. The van der Waals surface area contributed by atoms with E-state index >= 15 is 0 Å². The third-order valence-electron chi connectivity index (χ3n) is 4.44. The van der Waals surface area contributed by atoms with Crippen LogP contribution in [-0.2, 0) is 6.54 Å². The molecule has 2 aliphatic rings. The SMILES string of the molecule is Nc1cccc(CN2CCC(CN3CCCC3)C2)c1. The number of nitrogens with zero attached hydrogens (tertiary/aromatic N) is 2. The zero-order valence-corrected chi connectivity index (χ0v) is 11.7. The maximum absolute atomic E-state index is 5.84. The molecule has 1 aromatic carbocycles. The molecule has 0 aliphatic carbocycles. The Kier molecular flexibility index (Phi) is 4.04. The van der Waals surface area contributed by atoms with Crippen LogP contribution in [-0.4, -0.2) is 42.5 Å². The average Bonchev–Trinajstić information content (AvgIpc) is 3.02. The van der Waals surface area contributed by atoms with Gasteiger partial charge in [0, 0.05) is 25.3 Å². The smallest absolute Gasteiger partial charge is 0.0317 e. The molecule has 0 spiro atoms. The zero-order chi connectivity index (χ0) is 13.1. The lowest BCUT2D eigenvalue weighted by molar-refractivity contribution is 0.261. The number of benzene rings is 1. The van der Waals surface area contributed by atoms with Crippen molar-refractivity contribution in [2.24, 2.45) is 5.92 Å². The maximum Gasteiger partial charge on any atom is 0.0317 e. The second-order valence-electron chi connectivity index (χ2n) is 6.14. The summed E-state index contributed by atoms with van der Waals surface area (Å²) in [6, 6.07) is 8.31. The van der Waals surface area contributed by atoms with Crippen LogP contribution >= 0.6 is 0 Å². The Balaban J connectivity index is 1.48. The van der Waals surface area contributed by atoms with E-state index in [1.807, 2.05) is 6.07 Å². The van der Waals surface area contributed by atoms with E-state index in [0.29, 0.717) is 0 Å². The van der Waals surface area contributed by atoms with Gasteiger partial charge in [-0.1, -0.05) is 12.1 Å². The van der Waals surface area contributed by atoms with E-state index < -0.39 is 0 Å². The van der Waals surface area contributed by atoms with Gasteiger partial charge < -0.3 is 10.6 Å². The van der Waals surface area contributed by atoms with Gasteiger partial charge in [0.2, 0.25) is 0 Å². The summed E-state index contributed by atoms with van der Waals surface area (Å²) in [5, 5.41) is 0. The molecular weight excluding hydrogens is 234 g/mol. The standard InChI is InChI=1S/C16H25N3/c17-16-5-3-4-14(10-16)11-19-9-6-15(13-19)12-18-7-1-2-8-18/h3-5,10,15H,1-2,6-9,11-13,17H2. The summed E-state index contributed by atoms with van der Waals surface area (Å²) < 4.78 is 0. The minimum Gasteiger partial charge on any atom is -0.399 e. The lowest BCUT2D eigenvalue weighted by atomic mass is 10.1. The summed E-state index contributed by atoms with van der Waals surface area (Å²) in [4.78, 5) is 5.23. The fraction of sp³-hybridized carbons (Fsp3) is 0.625. The number of rotatable bonds is 4. The van der Waals surface area contributed by atoms with Gasteiger partial charge in [-0.05, 0) is 62.5 Å². The van der Waals surface area contributed by atoms with Crippen molar-refractivity contribution < 1.29 is 0 Å². The van der Waals surface area contributed by atoms with E-state index in [1.165, 1.54) is 57.5 Å². The molecule has 1 unspecified atom stereocenters. The van der Waals surface area contributed by atoms with E-state index in [4.69, 9.17) is 5.73 Å². The number of hydrogen-bond donors (Lipinski definition) is 1. The molecule has 104 valence electrons. The van der Waals surface area contributed by atoms with Crippen molar-refractivity contribution in [3.05, 3.63) is 29.8 Å². The Morgan fingerprint density at radius 1 is 1.11 bits per heavy atom. The van der Waals surface area contributed by atoms with Gasteiger partial charge in [-0.2, -0.15) is 0 Å². The summed E-state index contributed by atoms with van der Waals surface area (Å²) in [6.45, 7) is 7.52. The van der Waals surface area contributed by atoms with Crippen molar-refractivity contribution in [1.82, 2.24) is 9.80 Å². The van der Waals surface area contributed by atoms with E-state index in [2.05, 4.69) is 28.0 Å². The molecule has 19 heavy (non-hydrogen) atoms. The zero-order valence-electron chi connectivity index (χ0n) is 11.7. The molecule has 0 saturated carbocycles. The Labute approximate surface area is 116 Å². The third kappa shape index (κ3) is 3.48. The Morgan fingerprint density at radius 3 is 2.74 bits per heavy atom. The molecule has 0 aromatic heterocycles. The number of anilines is 1. The lowest BCUT2D eigenvalue weighted by Gasteiger charge is -2.20. The van der Waals surface area contributed by atoms with E-state index in [9.17, 15) is 0 Å². The summed E-state index contributed by atoms with van der Waals surface area (Å²) >= 11 is 0. The Morgan fingerprint density at radius 2 is 1.95 bits per heavy atom. The predicted octanol–water partition coefficient (Wildman–Crippen LogP) is 2.19. The molecule has 1 aromatic rings. The highest BCUT2D eigenvalue weighted by Crippen LogP contribution is 2.21. The third-order valence-corrected chi connectivity index (χ3v) is 4.44. The van der Waals surface area contributed by atoms with Crippen LogP contribution in [0.4, 0.5) is 5.69 Å². The van der Waals surface area contributed by atoms with Gasteiger partial charge in [-0.3, -0.25) is 4.90 Å². The van der Waals surface area contributed by atoms with Crippen LogP contribution in [0.1, 0.15) is 24.8 Å². The molecule has 1 atom stereocenters. The molecule has 2 heterocycles. The molecule has 2 aliphatic heterocycles. The number of likely N-dealkylation sites (tertiary alicyclic amines) is 2. The molecule has 3 nitrogen and oxygen atoms in total. The van der Waals surface area contributed by atoms with E-state index in [0.717, 1.165) is 18.2 Å². The highest BCUT2D eigenvalue weighted by molar-refractivity contribution is 5.40. The monoisotopic (exact) mass is 259 g/mol. The molecule has 3 rings (SSSR count). The van der Waals surface area contributed by atoms with Crippen LogP contribution in [0.3, 0.4) is 0 Å². The van der Waals surface area contributed by atoms with Crippen LogP contribution in [0.15, 0.2) is 24.3 Å². The Bertz CT molecular complexity index is 412. The van der Waals surface area contributed by atoms with Crippen molar-refractivity contribution in [2.75, 3.05) is 38.5 Å². The highest BCUT2D eigenvalue weighted by Gasteiger charge is 2.25. The van der Waals surface area contributed by atoms with Crippen molar-refractivity contribution in [1.29, 1.82) is 0 Å². The first-order valence-electron chi connectivity index (χ1n) is 7.59. The topological polar surface area (TPSA) is 32.5 Å². The highest BCUT2D eigenvalue weighted by atomic mass is 15.2. The normalized spacial score (nSPS) is 25.2. The Hall–Kier alpha value is -1.06. The fourth-order valence-corrected chi connectivity index (χ4v) is 3.49. The van der Waals surface area contributed by atoms with Gasteiger partial charge in [-0.25, -0.2) is 0 Å². The summed E-state index contributed by atoms with van der Waals surface area (Å²) in [5.41, 5.74) is 8.07. The van der Waals surface area contributed by atoms with Crippen LogP contribution in [0.5, 0.6) is 0 Å². The molecule has 2 saturated heterocycles. The molecule has 2 fully saturated rings. The van der Waals surface area contributed by atoms with Crippen molar-refractivity contribution >= 4 is 5.69 Å². The second kappa shape index (κ2) is 5.93. The minimum atomic E-state index is 0.874. The summed E-state index contributed by atoms with van der Waals surface area (Å²) in [5.74, 6) is 0.874. The van der Waals surface area contributed by atoms with Crippen molar-refractivity contribution in [2.45, 2.75) is 25.8 Å². The van der Waals surface area contributed by atoms with Crippen LogP contribution in [0.2, 0.25) is 0 Å². The minimum absolute atomic E-state index is 0.874. The molecular formula is C16H25N3. The fourth-order valence-electron chi connectivity index (χ4n) is 3.49. The van der Waals surface area contributed by atoms with Crippen LogP contribution < -0.4 is 5.73 Å². The van der Waals surface area contributed by atoms with Gasteiger partial charge in [-0.15, -0.1) is 0 Å². The maximum atomic E-state index is 5.84. The van der Waals surface area contributed by atoms with Gasteiger partial charge >= 0.3 is 0 Å². The summed E-state index contributed by atoms with van der Waals surface area (Å²) in [7, 11) is 0. The number of nitrogens with two attached hydrogens (primary N) is 1. The lowest BCUT2D eigenvalue weighted by Crippen LogP contribution is -2.28. The first kappa shape index (κ1) is 12.9. The van der Waals surface area contributed by atoms with Crippen molar-refractivity contribution in [3.8, 4) is 0 Å². The molecule has 0 amide bonds. The quantitative estimate of drug-likeness (QED) is 0.841. The van der Waals surface area contributed by atoms with E-state index in [1.54, 1.807) is 0 Å². The van der Waals surface area contributed by atoms with Gasteiger partial charge in [0.25, 0.3) is 0 Å². The number of nitrogen functional groups attached to an aromatic ring is 1. The molecule has 3 heteroatoms. The average molecular weight is 259 g/mol. The van der Waals surface area contributed by atoms with Crippen LogP contribution in [0, 0.1) is 5.92 Å². The first-order chi connectivity index (χ1) is 9.29. The predicted molar refractivity (Wildman–Crippen MR) is 79.9 cm³/mol. The van der Waals surface area contributed by atoms with Gasteiger partial charge in [0.1, 0.15) is 0 Å². The summed E-state index contributed by atoms with van der Waals surface area (Å²) in [6.07, 6.45) is 4.16. The molecule has 0 radical (unpaired) electrons. The second-order valence-corrected chi connectivity index (χ2v) is 6.14. The number of hydrogen-bond acceptors (Lipinski definition) is 3. The van der Waals surface area contributed by atoms with Gasteiger partial charge in [0.15, 0.2) is 0 Å². The van der Waals surface area contributed by atoms with Gasteiger partial charge in [0.05, 0.1) is 0 Å². The first-order valence-corrected chi connectivity index (χ1v) is 7.59. The van der Waals surface area contributed by atoms with Crippen LogP contribution in [0.25, 0.3) is 0 Å². The molecule has 2 N–H and O–H groups in total.